The fraction of sp³-hybridized carbons (Fsp3) is 0.174. The lowest BCUT2D eigenvalue weighted by atomic mass is 10.1. The third kappa shape index (κ3) is 4.32. The third-order valence-corrected chi connectivity index (χ3v) is 6.86. The second kappa shape index (κ2) is 8.85. The molecule has 0 aliphatic rings. The van der Waals surface area contributed by atoms with Crippen LogP contribution in [0.4, 0.5) is 5.69 Å². The summed E-state index contributed by atoms with van der Waals surface area (Å²) in [5, 5.41) is 5.57. The van der Waals surface area contributed by atoms with Gasteiger partial charge in [0.15, 0.2) is 5.16 Å². The highest BCUT2D eigenvalue weighted by molar-refractivity contribution is 8.00. The SMILES string of the molecule is CCC(Sc1nc2scc(-c3ccc(C)cc3)c2c(=O)[nH]1)C(=O)Nc1ccccc1. The van der Waals surface area contributed by atoms with Crippen molar-refractivity contribution in [3.05, 3.63) is 75.9 Å². The average molecular weight is 436 g/mol. The molecule has 5 nitrogen and oxygen atoms in total. The fourth-order valence-electron chi connectivity index (χ4n) is 3.13. The van der Waals surface area contributed by atoms with Crippen LogP contribution in [0.15, 0.2) is 69.9 Å². The van der Waals surface area contributed by atoms with Gasteiger partial charge in [-0.15, -0.1) is 11.3 Å². The van der Waals surface area contributed by atoms with Crippen LogP contribution in [0.1, 0.15) is 18.9 Å². The zero-order valence-electron chi connectivity index (χ0n) is 16.6. The molecule has 152 valence electrons. The highest BCUT2D eigenvalue weighted by Gasteiger charge is 2.21. The third-order valence-electron chi connectivity index (χ3n) is 4.74. The number of amides is 1. The molecular weight excluding hydrogens is 414 g/mol. The molecule has 2 heterocycles. The molecule has 4 aromatic rings. The Morgan fingerprint density at radius 2 is 1.90 bits per heavy atom. The number of nitrogens with zero attached hydrogens (tertiary/aromatic N) is 1. The van der Waals surface area contributed by atoms with E-state index < -0.39 is 0 Å². The van der Waals surface area contributed by atoms with Gasteiger partial charge < -0.3 is 10.3 Å². The van der Waals surface area contributed by atoms with Crippen LogP contribution in [0.2, 0.25) is 0 Å². The van der Waals surface area contributed by atoms with Crippen molar-refractivity contribution in [1.82, 2.24) is 9.97 Å². The van der Waals surface area contributed by atoms with Crippen molar-refractivity contribution in [3.8, 4) is 11.1 Å². The maximum Gasteiger partial charge on any atom is 0.260 e. The van der Waals surface area contributed by atoms with Crippen LogP contribution in [0.25, 0.3) is 21.3 Å². The molecule has 2 N–H and O–H groups in total. The van der Waals surface area contributed by atoms with E-state index in [1.165, 1.54) is 28.7 Å². The van der Waals surface area contributed by atoms with E-state index in [1.807, 2.05) is 73.8 Å². The molecule has 1 amide bonds. The molecule has 2 aromatic heterocycles. The lowest BCUT2D eigenvalue weighted by Gasteiger charge is -2.14. The highest BCUT2D eigenvalue weighted by Crippen LogP contribution is 2.32. The molecule has 0 aliphatic carbocycles. The minimum atomic E-state index is -0.359. The predicted octanol–water partition coefficient (Wildman–Crippen LogP) is 5.47. The van der Waals surface area contributed by atoms with Crippen LogP contribution < -0.4 is 10.9 Å². The minimum absolute atomic E-state index is 0.108. The van der Waals surface area contributed by atoms with Crippen LogP contribution >= 0.6 is 23.1 Å². The molecule has 0 saturated carbocycles. The smallest absolute Gasteiger partial charge is 0.260 e. The topological polar surface area (TPSA) is 74.8 Å². The number of benzene rings is 2. The van der Waals surface area contributed by atoms with E-state index in [1.54, 1.807) is 0 Å². The van der Waals surface area contributed by atoms with E-state index in [9.17, 15) is 9.59 Å². The van der Waals surface area contributed by atoms with Crippen molar-refractivity contribution in [2.24, 2.45) is 0 Å². The molecule has 0 saturated heterocycles. The standard InChI is InChI=1S/C23H21N3O2S2/c1-3-18(20(27)24-16-7-5-4-6-8-16)30-23-25-21(28)19-17(13-29-22(19)26-23)15-11-9-14(2)10-12-15/h4-13,18H,3H2,1-2H3,(H,24,27)(H,25,26,28). The molecule has 0 aliphatic heterocycles. The van der Waals surface area contributed by atoms with Crippen LogP contribution in [0.5, 0.6) is 0 Å². The Balaban J connectivity index is 1.59. The summed E-state index contributed by atoms with van der Waals surface area (Å²) in [6, 6.07) is 17.4. The number of hydrogen-bond acceptors (Lipinski definition) is 5. The van der Waals surface area contributed by atoms with Gasteiger partial charge in [0.05, 0.1) is 10.6 Å². The molecule has 0 spiro atoms. The summed E-state index contributed by atoms with van der Waals surface area (Å²) in [5.41, 5.74) is 3.61. The van der Waals surface area contributed by atoms with E-state index in [-0.39, 0.29) is 16.7 Å². The maximum atomic E-state index is 12.8. The molecule has 7 heteroatoms. The van der Waals surface area contributed by atoms with Gasteiger partial charge in [-0.25, -0.2) is 4.98 Å². The first-order valence-corrected chi connectivity index (χ1v) is 11.4. The molecular formula is C23H21N3O2S2. The van der Waals surface area contributed by atoms with Crippen LogP contribution in [-0.4, -0.2) is 21.1 Å². The Morgan fingerprint density at radius 3 is 2.60 bits per heavy atom. The number of carbonyl (C=O) groups excluding carboxylic acids is 1. The normalized spacial score (nSPS) is 12.1. The summed E-state index contributed by atoms with van der Waals surface area (Å²) in [4.78, 5) is 33.7. The van der Waals surface area contributed by atoms with Gasteiger partial charge >= 0.3 is 0 Å². The Labute approximate surface area is 182 Å². The number of nitrogens with one attached hydrogen (secondary N) is 2. The Kier molecular flexibility index (Phi) is 6.01. The number of fused-ring (bicyclic) bond motifs is 1. The second-order valence-electron chi connectivity index (χ2n) is 6.94. The molecule has 30 heavy (non-hydrogen) atoms. The number of aromatic amines is 1. The Bertz CT molecular complexity index is 1230. The summed E-state index contributed by atoms with van der Waals surface area (Å²) >= 11 is 2.72. The molecule has 0 bridgehead atoms. The maximum absolute atomic E-state index is 12.8. The van der Waals surface area contributed by atoms with Crippen molar-refractivity contribution in [3.63, 3.8) is 0 Å². The van der Waals surface area contributed by atoms with Crippen molar-refractivity contribution >= 4 is 44.9 Å². The number of aryl methyl sites for hydroxylation is 1. The van der Waals surface area contributed by atoms with E-state index in [2.05, 4.69) is 15.3 Å². The minimum Gasteiger partial charge on any atom is -0.325 e. The summed E-state index contributed by atoms with van der Waals surface area (Å²) in [5.74, 6) is -0.108. The number of rotatable bonds is 6. The van der Waals surface area contributed by atoms with Gasteiger partial charge in [0, 0.05) is 16.6 Å². The van der Waals surface area contributed by atoms with Crippen LogP contribution in [-0.2, 0) is 4.79 Å². The summed E-state index contributed by atoms with van der Waals surface area (Å²) in [6.07, 6.45) is 0.615. The molecule has 2 aromatic carbocycles. The highest BCUT2D eigenvalue weighted by atomic mass is 32.2. The number of carbonyl (C=O) groups is 1. The van der Waals surface area contributed by atoms with Crippen molar-refractivity contribution in [1.29, 1.82) is 0 Å². The number of thiophene rings is 1. The number of thioether (sulfide) groups is 1. The van der Waals surface area contributed by atoms with E-state index >= 15 is 0 Å². The Hall–Kier alpha value is -2.90. The molecule has 1 atom stereocenters. The van der Waals surface area contributed by atoms with Crippen LogP contribution in [0.3, 0.4) is 0 Å². The van der Waals surface area contributed by atoms with Gasteiger partial charge in [-0.05, 0) is 31.0 Å². The van der Waals surface area contributed by atoms with E-state index in [4.69, 9.17) is 0 Å². The number of anilines is 1. The number of H-pyrrole nitrogens is 1. The zero-order valence-corrected chi connectivity index (χ0v) is 18.3. The van der Waals surface area contributed by atoms with Gasteiger partial charge in [0.1, 0.15) is 4.83 Å². The van der Waals surface area contributed by atoms with Gasteiger partial charge in [-0.2, -0.15) is 0 Å². The first kappa shape index (κ1) is 20.4. The second-order valence-corrected chi connectivity index (χ2v) is 8.99. The first-order valence-electron chi connectivity index (χ1n) is 9.66. The van der Waals surface area contributed by atoms with Gasteiger partial charge in [0.2, 0.25) is 5.91 Å². The molecule has 0 fully saturated rings. The Morgan fingerprint density at radius 1 is 1.17 bits per heavy atom. The lowest BCUT2D eigenvalue weighted by molar-refractivity contribution is -0.115. The lowest BCUT2D eigenvalue weighted by Crippen LogP contribution is -2.25. The quantitative estimate of drug-likeness (QED) is 0.311. The monoisotopic (exact) mass is 435 g/mol. The predicted molar refractivity (Wildman–Crippen MR) is 125 cm³/mol. The van der Waals surface area contributed by atoms with Crippen LogP contribution in [0, 0.1) is 6.92 Å². The summed E-state index contributed by atoms with van der Waals surface area (Å²) in [6.45, 7) is 3.98. The number of para-hydroxylation sites is 1. The summed E-state index contributed by atoms with van der Waals surface area (Å²) in [7, 11) is 0. The largest absolute Gasteiger partial charge is 0.325 e. The molecule has 4 rings (SSSR count). The zero-order chi connectivity index (χ0) is 21.1. The van der Waals surface area contributed by atoms with Gasteiger partial charge in [-0.3, -0.25) is 9.59 Å². The van der Waals surface area contributed by atoms with E-state index in [0.717, 1.165) is 16.8 Å². The first-order chi connectivity index (χ1) is 14.5. The number of aromatic nitrogens is 2. The molecule has 0 radical (unpaired) electrons. The fourth-order valence-corrected chi connectivity index (χ4v) is 5.04. The number of hydrogen-bond donors (Lipinski definition) is 2. The van der Waals surface area contributed by atoms with Crippen molar-refractivity contribution in [2.75, 3.05) is 5.32 Å². The average Bonchev–Trinajstić information content (AvgIpc) is 3.18. The van der Waals surface area contributed by atoms with Crippen molar-refractivity contribution < 1.29 is 4.79 Å². The summed E-state index contributed by atoms with van der Waals surface area (Å²) < 4.78 is 0. The van der Waals surface area contributed by atoms with Gasteiger partial charge in [0.25, 0.3) is 5.56 Å². The molecule has 1 unspecified atom stereocenters. The van der Waals surface area contributed by atoms with E-state index in [0.29, 0.717) is 21.8 Å². The van der Waals surface area contributed by atoms with Crippen molar-refractivity contribution in [2.45, 2.75) is 30.7 Å². The van der Waals surface area contributed by atoms with Gasteiger partial charge in [-0.1, -0.05) is 66.7 Å².